The first kappa shape index (κ1) is 14.6. The van der Waals surface area contributed by atoms with Crippen LogP contribution in [0.2, 0.25) is 0 Å². The summed E-state index contributed by atoms with van der Waals surface area (Å²) >= 11 is 0. The maximum absolute atomic E-state index is 11.9. The van der Waals surface area contributed by atoms with Gasteiger partial charge in [0.25, 0.3) is 5.91 Å². The summed E-state index contributed by atoms with van der Waals surface area (Å²) in [6.07, 6.45) is 0.688. The van der Waals surface area contributed by atoms with E-state index in [0.29, 0.717) is 29.0 Å². The van der Waals surface area contributed by atoms with Crippen molar-refractivity contribution in [2.45, 2.75) is 0 Å². The minimum absolute atomic E-state index is 0.192. The van der Waals surface area contributed by atoms with E-state index in [1.165, 1.54) is 7.11 Å². The van der Waals surface area contributed by atoms with E-state index in [0.717, 1.165) is 0 Å². The highest BCUT2D eigenvalue weighted by Gasteiger charge is 2.09. The van der Waals surface area contributed by atoms with Gasteiger partial charge < -0.3 is 14.8 Å². The van der Waals surface area contributed by atoms with E-state index in [9.17, 15) is 9.59 Å². The Hall–Kier alpha value is -2.82. The van der Waals surface area contributed by atoms with Crippen LogP contribution < -0.4 is 14.8 Å². The number of rotatable bonds is 6. The van der Waals surface area contributed by atoms with Crippen LogP contribution in [-0.2, 0) is 4.79 Å². The summed E-state index contributed by atoms with van der Waals surface area (Å²) < 4.78 is 10.5. The van der Waals surface area contributed by atoms with E-state index in [-0.39, 0.29) is 12.5 Å². The predicted molar refractivity (Wildman–Crippen MR) is 78.9 cm³/mol. The summed E-state index contributed by atoms with van der Waals surface area (Å²) in [6, 6.07) is 13.8. The minimum atomic E-state index is -0.333. The normalized spacial score (nSPS) is 9.76. The zero-order valence-corrected chi connectivity index (χ0v) is 11.5. The smallest absolute Gasteiger partial charge is 0.262 e. The van der Waals surface area contributed by atoms with Gasteiger partial charge in [0.2, 0.25) is 0 Å². The van der Waals surface area contributed by atoms with Crippen LogP contribution in [0.15, 0.2) is 48.5 Å². The highest BCUT2D eigenvalue weighted by molar-refractivity contribution is 5.93. The summed E-state index contributed by atoms with van der Waals surface area (Å²) in [6.45, 7) is -0.192. The Bertz CT molecular complexity index is 640. The second kappa shape index (κ2) is 7.09. The molecule has 1 amide bonds. The molecular formula is C16H15NO4. The number of hydrogen-bond acceptors (Lipinski definition) is 4. The van der Waals surface area contributed by atoms with Gasteiger partial charge in [-0.2, -0.15) is 0 Å². The molecule has 0 bridgehead atoms. The number of benzene rings is 2. The van der Waals surface area contributed by atoms with Crippen LogP contribution in [-0.4, -0.2) is 25.9 Å². The largest absolute Gasteiger partial charge is 0.495 e. The molecule has 0 saturated heterocycles. The Morgan fingerprint density at radius 1 is 1.10 bits per heavy atom. The monoisotopic (exact) mass is 285 g/mol. The maximum atomic E-state index is 11.9. The number of carbonyl (C=O) groups excluding carboxylic acids is 2. The number of amides is 1. The Morgan fingerprint density at radius 2 is 1.76 bits per heavy atom. The van der Waals surface area contributed by atoms with Gasteiger partial charge >= 0.3 is 0 Å². The Kier molecular flexibility index (Phi) is 4.93. The van der Waals surface area contributed by atoms with Gasteiger partial charge in [-0.15, -0.1) is 0 Å². The van der Waals surface area contributed by atoms with Crippen LogP contribution in [0.5, 0.6) is 11.5 Å². The predicted octanol–water partition coefficient (Wildman–Crippen LogP) is 2.53. The van der Waals surface area contributed by atoms with Crippen molar-refractivity contribution in [2.75, 3.05) is 19.0 Å². The molecule has 1 N–H and O–H groups in total. The lowest BCUT2D eigenvalue weighted by Crippen LogP contribution is -2.20. The number of ether oxygens (including phenoxy) is 2. The lowest BCUT2D eigenvalue weighted by atomic mass is 10.2. The van der Waals surface area contributed by atoms with E-state index < -0.39 is 0 Å². The van der Waals surface area contributed by atoms with E-state index in [2.05, 4.69) is 5.32 Å². The zero-order valence-electron chi connectivity index (χ0n) is 11.5. The molecule has 21 heavy (non-hydrogen) atoms. The van der Waals surface area contributed by atoms with E-state index in [1.54, 1.807) is 42.5 Å². The van der Waals surface area contributed by atoms with Crippen LogP contribution in [0.4, 0.5) is 5.69 Å². The molecule has 2 aromatic rings. The van der Waals surface area contributed by atoms with Gasteiger partial charge in [0.05, 0.1) is 18.4 Å². The van der Waals surface area contributed by atoms with E-state index in [1.807, 2.05) is 6.07 Å². The number of nitrogens with one attached hydrogen (secondary N) is 1. The molecule has 5 nitrogen and oxygen atoms in total. The van der Waals surface area contributed by atoms with E-state index in [4.69, 9.17) is 9.47 Å². The SMILES string of the molecule is COc1ccccc1NC(=O)COc1ccccc1C=O. The van der Waals surface area contributed by atoms with E-state index >= 15 is 0 Å². The molecule has 0 fully saturated rings. The first-order valence-corrected chi connectivity index (χ1v) is 6.34. The molecule has 0 saturated carbocycles. The van der Waals surface area contributed by atoms with Gasteiger partial charge in [-0.25, -0.2) is 0 Å². The minimum Gasteiger partial charge on any atom is -0.495 e. The molecule has 2 aromatic carbocycles. The molecule has 0 unspecified atom stereocenters. The fraction of sp³-hybridized carbons (Fsp3) is 0.125. The number of para-hydroxylation sites is 3. The van der Waals surface area contributed by atoms with Gasteiger partial charge in [-0.3, -0.25) is 9.59 Å². The van der Waals surface area contributed by atoms with Crippen LogP contribution in [0, 0.1) is 0 Å². The molecule has 0 radical (unpaired) electrons. The van der Waals surface area contributed by atoms with Gasteiger partial charge in [0.1, 0.15) is 11.5 Å². The maximum Gasteiger partial charge on any atom is 0.262 e. The third kappa shape index (κ3) is 3.82. The summed E-state index contributed by atoms with van der Waals surface area (Å²) in [7, 11) is 1.53. The second-order valence-electron chi connectivity index (χ2n) is 4.19. The third-order valence-corrected chi connectivity index (χ3v) is 2.79. The average Bonchev–Trinajstić information content (AvgIpc) is 2.53. The fourth-order valence-electron chi connectivity index (χ4n) is 1.79. The van der Waals surface area contributed by atoms with Crippen LogP contribution >= 0.6 is 0 Å². The summed E-state index contributed by atoms with van der Waals surface area (Å²) in [5, 5.41) is 2.69. The molecule has 0 aliphatic carbocycles. The van der Waals surface area contributed by atoms with Crippen LogP contribution in [0.3, 0.4) is 0 Å². The van der Waals surface area contributed by atoms with Crippen molar-refractivity contribution in [3.8, 4) is 11.5 Å². The van der Waals surface area contributed by atoms with Crippen molar-refractivity contribution in [3.63, 3.8) is 0 Å². The van der Waals surface area contributed by atoms with Crippen molar-refractivity contribution in [1.29, 1.82) is 0 Å². The van der Waals surface area contributed by atoms with Crippen LogP contribution in [0.1, 0.15) is 10.4 Å². The van der Waals surface area contributed by atoms with Crippen molar-refractivity contribution in [3.05, 3.63) is 54.1 Å². The van der Waals surface area contributed by atoms with Gasteiger partial charge in [-0.05, 0) is 24.3 Å². The molecule has 0 aliphatic rings. The number of hydrogen-bond donors (Lipinski definition) is 1. The molecule has 0 spiro atoms. The summed E-state index contributed by atoms with van der Waals surface area (Å²) in [5.74, 6) is 0.613. The molecule has 0 atom stereocenters. The first-order chi connectivity index (χ1) is 10.2. The third-order valence-electron chi connectivity index (χ3n) is 2.79. The van der Waals surface area contributed by atoms with Crippen molar-refractivity contribution >= 4 is 17.9 Å². The van der Waals surface area contributed by atoms with Crippen molar-refractivity contribution < 1.29 is 19.1 Å². The van der Waals surface area contributed by atoms with Crippen molar-refractivity contribution in [1.82, 2.24) is 0 Å². The lowest BCUT2D eigenvalue weighted by Gasteiger charge is -2.11. The van der Waals surface area contributed by atoms with Crippen LogP contribution in [0.25, 0.3) is 0 Å². The molecule has 0 aliphatic heterocycles. The molecule has 5 heteroatoms. The second-order valence-corrected chi connectivity index (χ2v) is 4.19. The molecule has 108 valence electrons. The molecule has 2 rings (SSSR count). The Balaban J connectivity index is 1.98. The zero-order chi connectivity index (χ0) is 15.1. The van der Waals surface area contributed by atoms with Crippen molar-refractivity contribution in [2.24, 2.45) is 0 Å². The lowest BCUT2D eigenvalue weighted by molar-refractivity contribution is -0.118. The van der Waals surface area contributed by atoms with Gasteiger partial charge in [0, 0.05) is 0 Å². The molecule has 0 heterocycles. The fourth-order valence-corrected chi connectivity index (χ4v) is 1.79. The average molecular weight is 285 g/mol. The highest BCUT2D eigenvalue weighted by Crippen LogP contribution is 2.23. The topological polar surface area (TPSA) is 64.6 Å². The first-order valence-electron chi connectivity index (χ1n) is 6.34. The number of anilines is 1. The quantitative estimate of drug-likeness (QED) is 0.828. The standard InChI is InChI=1S/C16H15NO4/c1-20-15-9-5-3-7-13(15)17-16(19)11-21-14-8-4-2-6-12(14)10-18/h2-10H,11H2,1H3,(H,17,19). The highest BCUT2D eigenvalue weighted by atomic mass is 16.5. The molecular weight excluding hydrogens is 270 g/mol. The van der Waals surface area contributed by atoms with Gasteiger partial charge in [0.15, 0.2) is 12.9 Å². The van der Waals surface area contributed by atoms with Gasteiger partial charge in [-0.1, -0.05) is 24.3 Å². The summed E-state index contributed by atoms with van der Waals surface area (Å²) in [5.41, 5.74) is 0.972. The molecule has 0 aromatic heterocycles. The summed E-state index contributed by atoms with van der Waals surface area (Å²) in [4.78, 5) is 22.7. The Morgan fingerprint density at radius 3 is 2.48 bits per heavy atom. The number of methoxy groups -OCH3 is 1. The number of carbonyl (C=O) groups is 2. The number of aldehydes is 1. The Labute approximate surface area is 122 Å².